The minimum absolute atomic E-state index is 0. The Morgan fingerprint density at radius 1 is 1.57 bits per heavy atom. The summed E-state index contributed by atoms with van der Waals surface area (Å²) in [5.41, 5.74) is 0. The number of aliphatic carboxylic acids is 1. The fourth-order valence-corrected chi connectivity index (χ4v) is 3.05. The molecule has 23 heavy (non-hydrogen) atoms. The van der Waals surface area contributed by atoms with Gasteiger partial charge in [0.2, 0.25) is 5.91 Å². The average molecular weight is 350 g/mol. The molecule has 0 radical (unpaired) electrons. The third-order valence-corrected chi connectivity index (χ3v) is 4.02. The van der Waals surface area contributed by atoms with Gasteiger partial charge in [-0.25, -0.2) is 0 Å². The SMILES string of the molecule is C=CC1CC(C(=O)O)N(C(C[N+](C)([O-])CCC)NC(C)=O)C1.Cl. The predicted molar refractivity (Wildman–Crippen MR) is 90.9 cm³/mol. The summed E-state index contributed by atoms with van der Waals surface area (Å²) >= 11 is 0. The number of likely N-dealkylation sites (tertiary alicyclic amines) is 1. The Morgan fingerprint density at radius 3 is 2.61 bits per heavy atom. The highest BCUT2D eigenvalue weighted by Crippen LogP contribution is 2.26. The molecule has 7 nitrogen and oxygen atoms in total. The lowest BCUT2D eigenvalue weighted by molar-refractivity contribution is -0.863. The van der Waals surface area contributed by atoms with Crippen molar-refractivity contribution < 1.29 is 19.3 Å². The smallest absolute Gasteiger partial charge is 0.321 e. The number of hydrogen-bond donors (Lipinski definition) is 2. The molecule has 8 heteroatoms. The number of nitrogens with zero attached hydrogens (tertiary/aromatic N) is 2. The number of amides is 1. The first-order valence-electron chi connectivity index (χ1n) is 7.64. The summed E-state index contributed by atoms with van der Waals surface area (Å²) in [7, 11) is 1.55. The topological polar surface area (TPSA) is 92.7 Å². The first-order chi connectivity index (χ1) is 10.2. The summed E-state index contributed by atoms with van der Waals surface area (Å²) in [6.07, 6.45) is 2.32. The lowest BCUT2D eigenvalue weighted by Gasteiger charge is -2.43. The first kappa shape index (κ1) is 21.9. The number of likely N-dealkylation sites (N-methyl/N-ethyl adjacent to an activating group) is 1. The average Bonchev–Trinajstić information content (AvgIpc) is 2.81. The van der Waals surface area contributed by atoms with Crippen LogP contribution in [0, 0.1) is 11.1 Å². The normalized spacial score (nSPS) is 25.0. The van der Waals surface area contributed by atoms with Crippen LogP contribution in [0.4, 0.5) is 0 Å². The maximum Gasteiger partial charge on any atom is 0.321 e. The van der Waals surface area contributed by atoms with Gasteiger partial charge in [-0.3, -0.25) is 14.5 Å². The van der Waals surface area contributed by atoms with Crippen molar-refractivity contribution in [2.45, 2.75) is 38.9 Å². The van der Waals surface area contributed by atoms with E-state index in [0.717, 1.165) is 6.42 Å². The Bertz CT molecular complexity index is 431. The summed E-state index contributed by atoms with van der Waals surface area (Å²) in [6.45, 7) is 8.05. The van der Waals surface area contributed by atoms with Crippen LogP contribution in [-0.2, 0) is 9.59 Å². The lowest BCUT2D eigenvalue weighted by Crippen LogP contribution is -2.59. The monoisotopic (exact) mass is 349 g/mol. The van der Waals surface area contributed by atoms with Crippen LogP contribution in [0.15, 0.2) is 12.7 Å². The van der Waals surface area contributed by atoms with Crippen LogP contribution in [-0.4, -0.2) is 65.4 Å². The van der Waals surface area contributed by atoms with Gasteiger partial charge in [0.1, 0.15) is 18.8 Å². The molecule has 0 aromatic rings. The summed E-state index contributed by atoms with van der Waals surface area (Å²) in [5, 5.41) is 24.6. The second kappa shape index (κ2) is 9.22. The molecule has 0 aromatic carbocycles. The first-order valence-corrected chi connectivity index (χ1v) is 7.64. The van der Waals surface area contributed by atoms with E-state index < -0.39 is 22.8 Å². The number of carboxylic acid groups (broad SMARTS) is 1. The Labute approximate surface area is 143 Å². The number of carboxylic acids is 1. The molecule has 0 bridgehead atoms. The number of carbonyl (C=O) groups excluding carboxylic acids is 1. The lowest BCUT2D eigenvalue weighted by atomic mass is 10.1. The molecular formula is C15H28ClN3O4. The van der Waals surface area contributed by atoms with Gasteiger partial charge in [-0.2, -0.15) is 0 Å². The number of hydroxylamine groups is 3. The number of carbonyl (C=O) groups is 2. The summed E-state index contributed by atoms with van der Waals surface area (Å²) in [6, 6.07) is -0.707. The number of nitrogens with one attached hydrogen (secondary N) is 1. The van der Waals surface area contributed by atoms with Crippen molar-refractivity contribution >= 4 is 24.3 Å². The molecule has 0 aromatic heterocycles. The van der Waals surface area contributed by atoms with Crippen LogP contribution in [0.2, 0.25) is 0 Å². The molecule has 1 saturated heterocycles. The van der Waals surface area contributed by atoms with Gasteiger partial charge < -0.3 is 20.3 Å². The maximum atomic E-state index is 12.5. The van der Waals surface area contributed by atoms with Crippen LogP contribution in [0.5, 0.6) is 0 Å². The Balaban J connectivity index is 0.00000484. The number of rotatable bonds is 8. The summed E-state index contributed by atoms with van der Waals surface area (Å²) in [5.74, 6) is -1.16. The summed E-state index contributed by atoms with van der Waals surface area (Å²) < 4.78 is -0.511. The van der Waals surface area contributed by atoms with E-state index in [-0.39, 0.29) is 30.8 Å². The third-order valence-electron chi connectivity index (χ3n) is 4.02. The molecule has 134 valence electrons. The predicted octanol–water partition coefficient (Wildman–Crippen LogP) is 1.19. The van der Waals surface area contributed by atoms with Crippen molar-refractivity contribution in [1.29, 1.82) is 0 Å². The summed E-state index contributed by atoms with van der Waals surface area (Å²) in [4.78, 5) is 24.7. The third kappa shape index (κ3) is 6.47. The van der Waals surface area contributed by atoms with Crippen LogP contribution < -0.4 is 5.32 Å². The number of quaternary nitrogens is 1. The molecule has 1 amide bonds. The van der Waals surface area contributed by atoms with Crippen LogP contribution in [0.25, 0.3) is 0 Å². The zero-order valence-electron chi connectivity index (χ0n) is 14.0. The molecule has 0 aliphatic carbocycles. The Morgan fingerprint density at radius 2 is 2.17 bits per heavy atom. The van der Waals surface area contributed by atoms with Crippen molar-refractivity contribution in [2.75, 3.05) is 26.7 Å². The van der Waals surface area contributed by atoms with Gasteiger partial charge in [-0.15, -0.1) is 19.0 Å². The van der Waals surface area contributed by atoms with Gasteiger partial charge in [0.05, 0.1) is 13.6 Å². The van der Waals surface area contributed by atoms with Crippen LogP contribution in [0.1, 0.15) is 26.7 Å². The second-order valence-corrected chi connectivity index (χ2v) is 6.20. The molecule has 4 unspecified atom stereocenters. The minimum Gasteiger partial charge on any atom is -0.633 e. The maximum absolute atomic E-state index is 12.5. The molecule has 1 aliphatic rings. The fourth-order valence-electron chi connectivity index (χ4n) is 3.05. The standard InChI is InChI=1S/C15H27N3O4.ClH/c1-5-7-18(4,22)10-14(16-11(3)19)17-9-12(6-2)8-13(17)15(20)21;/h6,12-14H,2,5,7-10H2,1,3-4H3,(H,16,19)(H,20,21);1H. The van der Waals surface area contributed by atoms with Crippen molar-refractivity contribution in [2.24, 2.45) is 5.92 Å². The fraction of sp³-hybridized carbons (Fsp3) is 0.733. The van der Waals surface area contributed by atoms with E-state index in [0.29, 0.717) is 19.5 Å². The Kier molecular flexibility index (Phi) is 8.76. The number of hydrogen-bond acceptors (Lipinski definition) is 4. The molecule has 1 aliphatic heterocycles. The quantitative estimate of drug-likeness (QED) is 0.390. The van der Waals surface area contributed by atoms with Crippen molar-refractivity contribution in [3.63, 3.8) is 0 Å². The largest absolute Gasteiger partial charge is 0.633 e. The molecule has 1 fully saturated rings. The van der Waals surface area contributed by atoms with Gasteiger partial charge in [-0.05, 0) is 18.8 Å². The van der Waals surface area contributed by atoms with Crippen molar-refractivity contribution in [3.05, 3.63) is 17.9 Å². The van der Waals surface area contributed by atoms with Gasteiger partial charge in [0.25, 0.3) is 0 Å². The zero-order chi connectivity index (χ0) is 16.9. The zero-order valence-corrected chi connectivity index (χ0v) is 14.8. The highest BCUT2D eigenvalue weighted by Gasteiger charge is 2.41. The van der Waals surface area contributed by atoms with Gasteiger partial charge in [0, 0.05) is 13.5 Å². The van der Waals surface area contributed by atoms with E-state index in [9.17, 15) is 19.9 Å². The molecule has 0 spiro atoms. The molecule has 2 N–H and O–H groups in total. The highest BCUT2D eigenvalue weighted by molar-refractivity contribution is 5.85. The van der Waals surface area contributed by atoms with E-state index in [1.165, 1.54) is 6.92 Å². The van der Waals surface area contributed by atoms with E-state index in [4.69, 9.17) is 0 Å². The van der Waals surface area contributed by atoms with E-state index in [1.807, 2.05) is 6.92 Å². The van der Waals surface area contributed by atoms with Gasteiger partial charge >= 0.3 is 5.97 Å². The molecule has 4 atom stereocenters. The van der Waals surface area contributed by atoms with Crippen LogP contribution in [0.3, 0.4) is 0 Å². The molecule has 1 heterocycles. The molecule has 0 saturated carbocycles. The highest BCUT2D eigenvalue weighted by atomic mass is 35.5. The molecular weight excluding hydrogens is 322 g/mol. The van der Waals surface area contributed by atoms with E-state index in [2.05, 4.69) is 11.9 Å². The van der Waals surface area contributed by atoms with Crippen molar-refractivity contribution in [3.8, 4) is 0 Å². The van der Waals surface area contributed by atoms with E-state index in [1.54, 1.807) is 18.0 Å². The Hall–Kier alpha value is -1.15. The van der Waals surface area contributed by atoms with E-state index >= 15 is 0 Å². The number of halogens is 1. The van der Waals surface area contributed by atoms with Gasteiger partial charge in [0.15, 0.2) is 0 Å². The van der Waals surface area contributed by atoms with Gasteiger partial charge in [-0.1, -0.05) is 13.0 Å². The molecule has 1 rings (SSSR count). The van der Waals surface area contributed by atoms with Crippen molar-refractivity contribution in [1.82, 2.24) is 10.2 Å². The minimum atomic E-state index is -0.935. The van der Waals surface area contributed by atoms with Crippen LogP contribution >= 0.6 is 12.4 Å². The second-order valence-electron chi connectivity index (χ2n) is 6.20.